The Labute approximate surface area is 109 Å². The van der Waals surface area contributed by atoms with E-state index in [1.54, 1.807) is 0 Å². The fraction of sp³-hybridized carbons (Fsp3) is 0.714. The highest BCUT2D eigenvalue weighted by atomic mass is 16.6. The lowest BCUT2D eigenvalue weighted by Crippen LogP contribution is -2.35. The highest BCUT2D eigenvalue weighted by Gasteiger charge is 2.19. The maximum absolute atomic E-state index is 5.71. The summed E-state index contributed by atoms with van der Waals surface area (Å²) in [5.74, 6) is 2.59. The number of nitrogens with one attached hydrogen (secondary N) is 1. The molecule has 1 aliphatic rings. The van der Waals surface area contributed by atoms with Crippen molar-refractivity contribution in [2.75, 3.05) is 19.8 Å². The maximum Gasteiger partial charge on any atom is 0.118 e. The molecular weight excluding hydrogens is 230 g/mol. The summed E-state index contributed by atoms with van der Waals surface area (Å²) in [4.78, 5) is 0. The number of ether oxygens (including phenoxy) is 2. The van der Waals surface area contributed by atoms with E-state index in [-0.39, 0.29) is 6.10 Å². The molecule has 1 aromatic heterocycles. The average molecular weight is 253 g/mol. The second-order valence-electron chi connectivity index (χ2n) is 5.29. The highest BCUT2D eigenvalue weighted by molar-refractivity contribution is 5.20. The Balaban J connectivity index is 1.78. The second kappa shape index (κ2) is 6.36. The van der Waals surface area contributed by atoms with E-state index in [9.17, 15) is 0 Å². The molecule has 1 N–H and O–H groups in total. The quantitative estimate of drug-likeness (QED) is 0.809. The third kappa shape index (κ3) is 3.83. The third-order valence-electron chi connectivity index (χ3n) is 3.01. The Bertz CT molecular complexity index is 369. The molecule has 1 aromatic rings. The van der Waals surface area contributed by atoms with Crippen LogP contribution in [0.3, 0.4) is 0 Å². The molecular formula is C14H23NO3. The van der Waals surface area contributed by atoms with Crippen molar-refractivity contribution in [1.82, 2.24) is 5.32 Å². The molecule has 0 unspecified atom stereocenters. The van der Waals surface area contributed by atoms with E-state index in [0.717, 1.165) is 43.4 Å². The van der Waals surface area contributed by atoms with Gasteiger partial charge in [0.1, 0.15) is 17.6 Å². The van der Waals surface area contributed by atoms with Gasteiger partial charge in [-0.3, -0.25) is 0 Å². The van der Waals surface area contributed by atoms with Crippen LogP contribution in [0, 0.1) is 12.8 Å². The van der Waals surface area contributed by atoms with Crippen LogP contribution in [0.15, 0.2) is 10.5 Å². The molecule has 18 heavy (non-hydrogen) atoms. The van der Waals surface area contributed by atoms with Crippen molar-refractivity contribution in [3.63, 3.8) is 0 Å². The molecule has 0 aliphatic carbocycles. The molecule has 102 valence electrons. The van der Waals surface area contributed by atoms with Crippen molar-refractivity contribution in [1.29, 1.82) is 0 Å². The largest absolute Gasteiger partial charge is 0.465 e. The van der Waals surface area contributed by atoms with Gasteiger partial charge in [-0.25, -0.2) is 0 Å². The predicted octanol–water partition coefficient (Wildman–Crippen LogP) is 2.25. The predicted molar refractivity (Wildman–Crippen MR) is 69.4 cm³/mol. The van der Waals surface area contributed by atoms with Crippen molar-refractivity contribution in [3.8, 4) is 0 Å². The molecule has 4 nitrogen and oxygen atoms in total. The average Bonchev–Trinajstić information content (AvgIpc) is 2.57. The summed E-state index contributed by atoms with van der Waals surface area (Å²) < 4.78 is 16.5. The zero-order valence-corrected chi connectivity index (χ0v) is 11.5. The lowest BCUT2D eigenvalue weighted by Gasteiger charge is -2.25. The van der Waals surface area contributed by atoms with E-state index in [1.807, 2.05) is 6.92 Å². The summed E-state index contributed by atoms with van der Waals surface area (Å²) in [6.07, 6.45) is 0.266. The summed E-state index contributed by atoms with van der Waals surface area (Å²) in [6, 6.07) is 2.09. The Morgan fingerprint density at radius 1 is 1.44 bits per heavy atom. The molecule has 0 saturated carbocycles. The topological polar surface area (TPSA) is 43.6 Å². The molecule has 1 fully saturated rings. The molecule has 0 aromatic carbocycles. The van der Waals surface area contributed by atoms with Crippen LogP contribution < -0.4 is 5.32 Å². The van der Waals surface area contributed by atoms with Crippen molar-refractivity contribution >= 4 is 0 Å². The molecule has 0 spiro atoms. The first-order valence-electron chi connectivity index (χ1n) is 6.63. The van der Waals surface area contributed by atoms with Crippen LogP contribution >= 0.6 is 0 Å². The Morgan fingerprint density at radius 3 is 2.83 bits per heavy atom. The summed E-state index contributed by atoms with van der Waals surface area (Å²) in [5, 5.41) is 3.37. The van der Waals surface area contributed by atoms with Gasteiger partial charge in [0.25, 0.3) is 0 Å². The van der Waals surface area contributed by atoms with Gasteiger partial charge in [0.2, 0.25) is 0 Å². The zero-order valence-electron chi connectivity index (χ0n) is 11.5. The van der Waals surface area contributed by atoms with Crippen LogP contribution in [0.2, 0.25) is 0 Å². The molecule has 0 atom stereocenters. The summed E-state index contributed by atoms with van der Waals surface area (Å²) in [5.41, 5.74) is 1.14. The van der Waals surface area contributed by atoms with E-state index < -0.39 is 0 Å². The van der Waals surface area contributed by atoms with Crippen molar-refractivity contribution in [2.45, 2.75) is 40.0 Å². The number of rotatable bonds is 7. The number of hydrogen-bond donors (Lipinski definition) is 1. The first-order chi connectivity index (χ1) is 8.65. The molecule has 0 bridgehead atoms. The minimum absolute atomic E-state index is 0.266. The Kier molecular flexibility index (Phi) is 4.80. The maximum atomic E-state index is 5.71. The van der Waals surface area contributed by atoms with E-state index in [2.05, 4.69) is 25.2 Å². The smallest absolute Gasteiger partial charge is 0.118 e. The van der Waals surface area contributed by atoms with E-state index >= 15 is 0 Å². The minimum Gasteiger partial charge on any atom is -0.465 e. The van der Waals surface area contributed by atoms with Gasteiger partial charge in [0.05, 0.1) is 26.4 Å². The zero-order chi connectivity index (χ0) is 13.0. The van der Waals surface area contributed by atoms with Gasteiger partial charge in [0, 0.05) is 5.56 Å². The van der Waals surface area contributed by atoms with E-state index in [0.29, 0.717) is 12.5 Å². The number of furan rings is 1. The van der Waals surface area contributed by atoms with E-state index in [4.69, 9.17) is 13.9 Å². The molecule has 2 heterocycles. The van der Waals surface area contributed by atoms with Crippen molar-refractivity contribution in [3.05, 3.63) is 23.2 Å². The standard InChI is InChI=1S/C14H23NO3/c1-10(2)5-15-6-13-4-12(11(3)18-13)7-17-14-8-16-9-14/h4,10,14-15H,5-9H2,1-3H3. The van der Waals surface area contributed by atoms with Gasteiger partial charge in [0.15, 0.2) is 0 Å². The molecule has 4 heteroatoms. The van der Waals surface area contributed by atoms with Gasteiger partial charge >= 0.3 is 0 Å². The summed E-state index contributed by atoms with van der Waals surface area (Å²) >= 11 is 0. The second-order valence-corrected chi connectivity index (χ2v) is 5.29. The van der Waals surface area contributed by atoms with Crippen LogP contribution in [0.1, 0.15) is 30.9 Å². The molecule has 1 saturated heterocycles. The molecule has 2 rings (SSSR count). The molecule has 0 amide bonds. The lowest BCUT2D eigenvalue weighted by atomic mass is 10.2. The van der Waals surface area contributed by atoms with Crippen LogP contribution in [0.4, 0.5) is 0 Å². The monoisotopic (exact) mass is 253 g/mol. The van der Waals surface area contributed by atoms with Crippen LogP contribution in [0.25, 0.3) is 0 Å². The highest BCUT2D eigenvalue weighted by Crippen LogP contribution is 2.17. The van der Waals surface area contributed by atoms with Gasteiger partial charge in [-0.15, -0.1) is 0 Å². The summed E-state index contributed by atoms with van der Waals surface area (Å²) in [7, 11) is 0. The Morgan fingerprint density at radius 2 is 2.22 bits per heavy atom. The van der Waals surface area contributed by atoms with Gasteiger partial charge in [-0.05, 0) is 25.5 Å². The first-order valence-corrected chi connectivity index (χ1v) is 6.63. The lowest BCUT2D eigenvalue weighted by molar-refractivity contribution is -0.135. The number of aryl methyl sites for hydroxylation is 1. The first kappa shape index (κ1) is 13.6. The fourth-order valence-corrected chi connectivity index (χ4v) is 1.82. The van der Waals surface area contributed by atoms with Gasteiger partial charge < -0.3 is 19.2 Å². The van der Waals surface area contributed by atoms with Crippen molar-refractivity contribution < 1.29 is 13.9 Å². The Hall–Kier alpha value is -0.840. The molecule has 1 aliphatic heterocycles. The third-order valence-corrected chi connectivity index (χ3v) is 3.01. The van der Waals surface area contributed by atoms with Crippen LogP contribution in [0.5, 0.6) is 0 Å². The van der Waals surface area contributed by atoms with Crippen molar-refractivity contribution in [2.24, 2.45) is 5.92 Å². The molecule has 0 radical (unpaired) electrons. The van der Waals surface area contributed by atoms with Crippen LogP contribution in [-0.4, -0.2) is 25.9 Å². The SMILES string of the molecule is Cc1oc(CNCC(C)C)cc1COC1COC1. The van der Waals surface area contributed by atoms with Gasteiger partial charge in [-0.1, -0.05) is 13.8 Å². The summed E-state index contributed by atoms with van der Waals surface area (Å²) in [6.45, 7) is 10.2. The van der Waals surface area contributed by atoms with Crippen LogP contribution in [-0.2, 0) is 22.6 Å². The van der Waals surface area contributed by atoms with Gasteiger partial charge in [-0.2, -0.15) is 0 Å². The normalized spacial score (nSPS) is 16.2. The minimum atomic E-state index is 0.266. The van der Waals surface area contributed by atoms with E-state index in [1.165, 1.54) is 0 Å². The fourth-order valence-electron chi connectivity index (χ4n) is 1.82. The number of hydrogen-bond acceptors (Lipinski definition) is 4.